The molecule has 1 fully saturated rings. The highest BCUT2D eigenvalue weighted by atomic mass is 35.5. The molecule has 16 heavy (non-hydrogen) atoms. The van der Waals surface area contributed by atoms with Crippen molar-refractivity contribution in [1.29, 1.82) is 0 Å². The van der Waals surface area contributed by atoms with Crippen LogP contribution in [0.2, 0.25) is 5.28 Å². The highest BCUT2D eigenvalue weighted by Crippen LogP contribution is 2.28. The van der Waals surface area contributed by atoms with Crippen LogP contribution in [-0.2, 0) is 0 Å². The van der Waals surface area contributed by atoms with Gasteiger partial charge in [0.15, 0.2) is 0 Å². The van der Waals surface area contributed by atoms with Crippen LogP contribution in [0.5, 0.6) is 0 Å². The highest BCUT2D eigenvalue weighted by molar-refractivity contribution is 6.28. The van der Waals surface area contributed by atoms with Gasteiger partial charge in [0.05, 0.1) is 11.2 Å². The van der Waals surface area contributed by atoms with Crippen LogP contribution in [0.4, 0.5) is 0 Å². The van der Waals surface area contributed by atoms with Gasteiger partial charge in [0.1, 0.15) is 0 Å². The fourth-order valence-electron chi connectivity index (χ4n) is 2.27. The molecule has 1 aliphatic rings. The lowest BCUT2D eigenvalue weighted by Gasteiger charge is -2.11. The van der Waals surface area contributed by atoms with Crippen molar-refractivity contribution in [1.82, 2.24) is 15.3 Å². The van der Waals surface area contributed by atoms with Crippen molar-refractivity contribution in [2.45, 2.75) is 12.3 Å². The van der Waals surface area contributed by atoms with Crippen molar-refractivity contribution in [3.8, 4) is 0 Å². The van der Waals surface area contributed by atoms with Crippen LogP contribution in [0.3, 0.4) is 0 Å². The average Bonchev–Trinajstić information content (AvgIpc) is 2.81. The molecule has 0 spiro atoms. The number of nitrogens with one attached hydrogen (secondary N) is 1. The number of hydrogen-bond donors (Lipinski definition) is 1. The van der Waals surface area contributed by atoms with Gasteiger partial charge < -0.3 is 5.32 Å². The molecule has 4 heteroatoms. The van der Waals surface area contributed by atoms with Gasteiger partial charge in [-0.2, -0.15) is 0 Å². The standard InChI is InChI=1S/C12H12ClN3/c13-12-15-10-4-2-1-3-9(10)11(16-12)8-5-6-14-7-8/h1-4,8,14H,5-7H2. The number of benzene rings is 1. The predicted molar refractivity (Wildman–Crippen MR) is 64.8 cm³/mol. The van der Waals surface area contributed by atoms with E-state index in [1.165, 1.54) is 0 Å². The smallest absolute Gasteiger partial charge is 0.223 e. The highest BCUT2D eigenvalue weighted by Gasteiger charge is 2.21. The van der Waals surface area contributed by atoms with Crippen molar-refractivity contribution in [2.24, 2.45) is 0 Å². The Labute approximate surface area is 98.9 Å². The van der Waals surface area contributed by atoms with E-state index in [1.54, 1.807) is 0 Å². The van der Waals surface area contributed by atoms with Crippen molar-refractivity contribution in [3.63, 3.8) is 0 Å². The molecule has 3 nitrogen and oxygen atoms in total. The van der Waals surface area contributed by atoms with Crippen LogP contribution in [-0.4, -0.2) is 23.1 Å². The molecule has 0 aliphatic carbocycles. The molecule has 82 valence electrons. The molecule has 0 radical (unpaired) electrons. The molecule has 0 saturated carbocycles. The minimum absolute atomic E-state index is 0.348. The topological polar surface area (TPSA) is 37.8 Å². The van der Waals surface area contributed by atoms with Gasteiger partial charge in [0.25, 0.3) is 0 Å². The largest absolute Gasteiger partial charge is 0.316 e. The van der Waals surface area contributed by atoms with E-state index in [-0.39, 0.29) is 0 Å². The number of hydrogen-bond acceptors (Lipinski definition) is 3. The number of halogens is 1. The van der Waals surface area contributed by atoms with Gasteiger partial charge in [-0.15, -0.1) is 0 Å². The van der Waals surface area contributed by atoms with Crippen molar-refractivity contribution >= 4 is 22.5 Å². The maximum Gasteiger partial charge on any atom is 0.223 e. The van der Waals surface area contributed by atoms with Crippen LogP contribution in [0, 0.1) is 0 Å². The molecule has 1 aromatic carbocycles. The molecular formula is C12H12ClN3. The minimum atomic E-state index is 0.348. The van der Waals surface area contributed by atoms with Crippen LogP contribution in [0.15, 0.2) is 24.3 Å². The number of fused-ring (bicyclic) bond motifs is 1. The maximum absolute atomic E-state index is 5.96. The Hall–Kier alpha value is -1.19. The van der Waals surface area contributed by atoms with Crippen molar-refractivity contribution in [3.05, 3.63) is 35.2 Å². The fourth-order valence-corrected chi connectivity index (χ4v) is 2.45. The monoisotopic (exact) mass is 233 g/mol. The van der Waals surface area contributed by atoms with Crippen LogP contribution in [0.1, 0.15) is 18.0 Å². The quantitative estimate of drug-likeness (QED) is 0.769. The van der Waals surface area contributed by atoms with Gasteiger partial charge in [-0.3, -0.25) is 0 Å². The molecule has 1 N–H and O–H groups in total. The Morgan fingerprint density at radius 3 is 2.94 bits per heavy atom. The summed E-state index contributed by atoms with van der Waals surface area (Å²) in [7, 11) is 0. The van der Waals surface area contributed by atoms with Crippen LogP contribution < -0.4 is 5.32 Å². The molecule has 2 aromatic rings. The molecule has 1 unspecified atom stereocenters. The minimum Gasteiger partial charge on any atom is -0.316 e. The molecule has 1 saturated heterocycles. The van der Waals surface area contributed by atoms with Crippen molar-refractivity contribution < 1.29 is 0 Å². The lowest BCUT2D eigenvalue weighted by Crippen LogP contribution is -2.09. The second kappa shape index (κ2) is 4.00. The van der Waals surface area contributed by atoms with E-state index in [9.17, 15) is 0 Å². The number of aromatic nitrogens is 2. The maximum atomic E-state index is 5.96. The van der Waals surface area contributed by atoms with E-state index in [0.717, 1.165) is 36.1 Å². The first kappa shape index (κ1) is 10.00. The summed E-state index contributed by atoms with van der Waals surface area (Å²) in [5.41, 5.74) is 2.02. The van der Waals surface area contributed by atoms with Gasteiger partial charge in [-0.05, 0) is 30.6 Å². The Bertz CT molecular complexity index is 521. The molecule has 1 aliphatic heterocycles. The third-order valence-corrected chi connectivity index (χ3v) is 3.22. The zero-order valence-corrected chi connectivity index (χ0v) is 9.54. The molecule has 3 rings (SSSR count). The van der Waals surface area contributed by atoms with E-state index in [0.29, 0.717) is 11.2 Å². The second-order valence-electron chi connectivity index (χ2n) is 4.08. The third kappa shape index (κ3) is 1.66. The SMILES string of the molecule is Clc1nc(C2CCNC2)c2ccccc2n1. The van der Waals surface area contributed by atoms with Gasteiger partial charge >= 0.3 is 0 Å². The Morgan fingerprint density at radius 1 is 1.25 bits per heavy atom. The summed E-state index contributed by atoms with van der Waals surface area (Å²) in [6.07, 6.45) is 1.12. The Kier molecular flexibility index (Phi) is 2.50. The average molecular weight is 234 g/mol. The molecule has 2 heterocycles. The summed E-state index contributed by atoms with van der Waals surface area (Å²) >= 11 is 5.96. The lowest BCUT2D eigenvalue weighted by atomic mass is 10.0. The molecule has 1 atom stereocenters. The van der Waals surface area contributed by atoms with E-state index >= 15 is 0 Å². The van der Waals surface area contributed by atoms with Crippen LogP contribution in [0.25, 0.3) is 10.9 Å². The summed E-state index contributed by atoms with van der Waals surface area (Å²) in [5, 5.41) is 4.82. The summed E-state index contributed by atoms with van der Waals surface area (Å²) in [5.74, 6) is 0.463. The normalized spacial score (nSPS) is 20.4. The molecular weight excluding hydrogens is 222 g/mol. The van der Waals surface area contributed by atoms with E-state index < -0.39 is 0 Å². The lowest BCUT2D eigenvalue weighted by molar-refractivity contribution is 0.740. The summed E-state index contributed by atoms with van der Waals surface area (Å²) < 4.78 is 0. The summed E-state index contributed by atoms with van der Waals surface area (Å²) in [6, 6.07) is 8.04. The van der Waals surface area contributed by atoms with Gasteiger partial charge in [0, 0.05) is 17.8 Å². The first-order valence-electron chi connectivity index (χ1n) is 5.47. The summed E-state index contributed by atoms with van der Waals surface area (Å²) in [4.78, 5) is 8.64. The summed E-state index contributed by atoms with van der Waals surface area (Å²) in [6.45, 7) is 2.04. The van der Waals surface area contributed by atoms with Gasteiger partial charge in [0.2, 0.25) is 5.28 Å². The third-order valence-electron chi connectivity index (χ3n) is 3.05. The van der Waals surface area contributed by atoms with E-state index in [2.05, 4.69) is 21.4 Å². The van der Waals surface area contributed by atoms with E-state index in [4.69, 9.17) is 11.6 Å². The number of nitrogens with zero attached hydrogens (tertiary/aromatic N) is 2. The molecule has 0 amide bonds. The second-order valence-corrected chi connectivity index (χ2v) is 4.42. The zero-order chi connectivity index (χ0) is 11.0. The van der Waals surface area contributed by atoms with Crippen molar-refractivity contribution in [2.75, 3.05) is 13.1 Å². The predicted octanol–water partition coefficient (Wildman–Crippen LogP) is 2.36. The Balaban J connectivity index is 2.21. The first-order valence-corrected chi connectivity index (χ1v) is 5.85. The van der Waals surface area contributed by atoms with Crippen LogP contribution >= 0.6 is 11.6 Å². The van der Waals surface area contributed by atoms with E-state index in [1.807, 2.05) is 18.2 Å². The van der Waals surface area contributed by atoms with Gasteiger partial charge in [-0.25, -0.2) is 9.97 Å². The number of rotatable bonds is 1. The molecule has 0 bridgehead atoms. The Morgan fingerprint density at radius 2 is 2.12 bits per heavy atom. The molecule has 1 aromatic heterocycles. The zero-order valence-electron chi connectivity index (χ0n) is 8.78. The fraction of sp³-hybridized carbons (Fsp3) is 0.333. The first-order chi connectivity index (χ1) is 7.84. The number of para-hydroxylation sites is 1. The van der Waals surface area contributed by atoms with Gasteiger partial charge in [-0.1, -0.05) is 18.2 Å².